The molecule has 6 heteroatoms. The van der Waals surface area contributed by atoms with E-state index < -0.39 is 9.84 Å². The van der Waals surface area contributed by atoms with E-state index in [0.717, 1.165) is 12.5 Å². The Labute approximate surface area is 376 Å². The number of ketones is 1. The van der Waals surface area contributed by atoms with Crippen molar-refractivity contribution in [1.82, 2.24) is 0 Å². The maximum atomic E-state index is 9.63. The molecule has 0 bridgehead atoms. The largest absolute Gasteiger partial charge is 0.388 e. The summed E-state index contributed by atoms with van der Waals surface area (Å²) in [6, 6.07) is 46.2. The number of hydrogen-bond donors (Lipinski definition) is 0. The molecule has 1 aliphatic carbocycles. The van der Waals surface area contributed by atoms with Gasteiger partial charge in [-0.1, -0.05) is 230 Å². The fraction of sp³-hybridized carbons (Fsp3) is 0.473. The van der Waals surface area contributed by atoms with E-state index in [0.29, 0.717) is 16.2 Å². The Morgan fingerprint density at radius 1 is 0.426 bits per heavy atom. The molecule has 0 fully saturated rings. The molecule has 5 aromatic rings. The third-order valence-corrected chi connectivity index (χ3v) is 5.82. The Bertz CT molecular complexity index is 1710. The zero-order valence-corrected chi connectivity index (χ0v) is 43.5. The molecule has 0 spiro atoms. The second-order valence-electron chi connectivity index (χ2n) is 20.1. The molecule has 0 N–H and O–H groups in total. The lowest BCUT2D eigenvalue weighted by atomic mass is 9.82. The van der Waals surface area contributed by atoms with Crippen LogP contribution in [0, 0.1) is 16.2 Å². The Morgan fingerprint density at radius 3 is 0.754 bits per heavy atom. The van der Waals surface area contributed by atoms with Crippen LogP contribution in [0.3, 0.4) is 0 Å². The lowest BCUT2D eigenvalue weighted by Crippen LogP contribution is -2.14. The predicted octanol–water partition coefficient (Wildman–Crippen LogP) is 15.5. The van der Waals surface area contributed by atoms with E-state index in [4.69, 9.17) is 0 Å². The van der Waals surface area contributed by atoms with Gasteiger partial charge in [0.05, 0.1) is 0 Å². The summed E-state index contributed by atoms with van der Waals surface area (Å²) in [5.74, 6) is 0.167. The van der Waals surface area contributed by atoms with Gasteiger partial charge in [-0.25, -0.2) is 8.42 Å². The number of methoxy groups -OCH3 is 2. The van der Waals surface area contributed by atoms with Crippen molar-refractivity contribution in [2.45, 2.75) is 116 Å². The van der Waals surface area contributed by atoms with Crippen LogP contribution in [0.25, 0.3) is 21.9 Å². The Hall–Kier alpha value is -4.10. The van der Waals surface area contributed by atoms with Crippen LogP contribution >= 0.6 is 0 Å². The first-order chi connectivity index (χ1) is 27.7. The molecular formula is C55H88O5S. The predicted molar refractivity (Wildman–Crippen MR) is 273 cm³/mol. The maximum absolute atomic E-state index is 9.63. The number of ether oxygens (including phenoxy) is 2. The lowest BCUT2D eigenvalue weighted by molar-refractivity contribution is -0.115. The lowest BCUT2D eigenvalue weighted by Gasteiger charge is -2.20. The van der Waals surface area contributed by atoms with Crippen molar-refractivity contribution in [3.05, 3.63) is 145 Å². The van der Waals surface area contributed by atoms with Gasteiger partial charge >= 0.3 is 0 Å². The summed E-state index contributed by atoms with van der Waals surface area (Å²) in [5, 5.41) is 2.62. The average molecular weight is 861 g/mol. The second-order valence-corrected chi connectivity index (χ2v) is 22.4. The average Bonchev–Trinajstić information content (AvgIpc) is 3.34. The summed E-state index contributed by atoms with van der Waals surface area (Å²) in [5.41, 5.74) is 7.36. The number of sulfone groups is 1. The van der Waals surface area contributed by atoms with Crippen molar-refractivity contribution in [3.63, 3.8) is 0 Å². The molecule has 1 aliphatic rings. The van der Waals surface area contributed by atoms with Crippen LogP contribution in [0.4, 0.5) is 0 Å². The zero-order chi connectivity index (χ0) is 48.5. The molecule has 0 aliphatic heterocycles. The topological polar surface area (TPSA) is 69.7 Å². The number of benzene rings is 5. The normalized spacial score (nSPS) is 11.2. The van der Waals surface area contributed by atoms with Gasteiger partial charge in [-0.05, 0) is 63.1 Å². The molecule has 0 saturated heterocycles. The summed E-state index contributed by atoms with van der Waals surface area (Å²) >= 11 is 0. The molecule has 0 amide bonds. The van der Waals surface area contributed by atoms with Crippen molar-refractivity contribution in [3.8, 4) is 11.1 Å². The molecule has 61 heavy (non-hydrogen) atoms. The first kappa shape index (κ1) is 63.5. The molecule has 5 nitrogen and oxygen atoms in total. The molecule has 6 rings (SSSR count). The SMILES string of the molecule is CC(C)(C)C.CC(C)(C)C.CC(C)(C)C.CC(C)=O.CC1(C)c2ccccc2-c2ccccc21.COC.COC.CS(C)(=O)=O.c1ccc2ccccc2c1.c1ccccc1. The molecular weight excluding hydrogens is 773 g/mol. The Morgan fingerprint density at radius 2 is 0.574 bits per heavy atom. The number of carbonyl (C=O) groups excluding carboxylic acids is 1. The third-order valence-electron chi connectivity index (χ3n) is 5.82. The molecule has 0 aromatic heterocycles. The molecule has 0 unspecified atom stereocenters. The highest BCUT2D eigenvalue weighted by Gasteiger charge is 2.34. The van der Waals surface area contributed by atoms with Gasteiger partial charge in [-0.15, -0.1) is 0 Å². The van der Waals surface area contributed by atoms with Gasteiger partial charge in [0.15, 0.2) is 0 Å². The molecule has 0 saturated carbocycles. The van der Waals surface area contributed by atoms with E-state index in [1.165, 1.54) is 46.9 Å². The summed E-state index contributed by atoms with van der Waals surface area (Å²) < 4.78 is 27.8. The van der Waals surface area contributed by atoms with Crippen molar-refractivity contribution in [2.24, 2.45) is 16.2 Å². The third kappa shape index (κ3) is 48.4. The second kappa shape index (κ2) is 33.5. The first-order valence-electron chi connectivity index (χ1n) is 20.8. The molecule has 0 heterocycles. The van der Waals surface area contributed by atoms with Crippen molar-refractivity contribution < 1.29 is 22.7 Å². The summed E-state index contributed by atoms with van der Waals surface area (Å²) in [6.45, 7) is 33.9. The van der Waals surface area contributed by atoms with E-state index in [1.54, 1.807) is 28.4 Å². The van der Waals surface area contributed by atoms with Crippen LogP contribution in [-0.4, -0.2) is 55.2 Å². The summed E-state index contributed by atoms with van der Waals surface area (Å²) in [6.07, 6.45) is 2.32. The fourth-order valence-electron chi connectivity index (χ4n) is 4.19. The summed E-state index contributed by atoms with van der Waals surface area (Å²) in [7, 11) is 3.83. The van der Waals surface area contributed by atoms with Crippen LogP contribution < -0.4 is 0 Å². The van der Waals surface area contributed by atoms with Crippen LogP contribution in [0.1, 0.15) is 122 Å². The van der Waals surface area contributed by atoms with Gasteiger partial charge in [0.25, 0.3) is 0 Å². The van der Waals surface area contributed by atoms with Crippen molar-refractivity contribution in [1.29, 1.82) is 0 Å². The molecule has 0 radical (unpaired) electrons. The quantitative estimate of drug-likeness (QED) is 0.155. The number of fused-ring (bicyclic) bond motifs is 4. The first-order valence-corrected chi connectivity index (χ1v) is 23.1. The minimum absolute atomic E-state index is 0.160. The highest BCUT2D eigenvalue weighted by Crippen LogP contribution is 2.48. The number of carbonyl (C=O) groups is 1. The van der Waals surface area contributed by atoms with Gasteiger partial charge in [0, 0.05) is 46.4 Å². The van der Waals surface area contributed by atoms with Crippen LogP contribution in [-0.2, 0) is 29.5 Å². The van der Waals surface area contributed by atoms with Gasteiger partial charge < -0.3 is 14.3 Å². The van der Waals surface area contributed by atoms with E-state index in [2.05, 4.69) is 203 Å². The molecule has 344 valence electrons. The Kier molecular flexibility index (Phi) is 34.9. The standard InChI is InChI=1S/C15H14.C10H8.C6H6.3C5H12.C3H6O.C2H6O2S.2C2H6O/c1-15(2)13-9-5-3-7-11(13)12-8-4-6-10-14(12)15;1-2-6-10-8-4-3-7-9(10)5-1;1-2-4-6-5-3-1;3*1-5(2,3)4;1-3(2)4;1-5(2,3)4;2*1-3-2/h3-10H,1-2H3;1-8H;1-6H;3*1-4H3;1-2H3;1-2H3;2*1-2H3. The van der Waals surface area contributed by atoms with Crippen LogP contribution in [0.5, 0.6) is 0 Å². The minimum Gasteiger partial charge on any atom is -0.388 e. The summed E-state index contributed by atoms with van der Waals surface area (Å²) in [4.78, 5) is 9.44. The highest BCUT2D eigenvalue weighted by molar-refractivity contribution is 7.89. The van der Waals surface area contributed by atoms with Gasteiger partial charge in [-0.3, -0.25) is 0 Å². The zero-order valence-electron chi connectivity index (χ0n) is 42.7. The molecule has 0 atom stereocenters. The molecule has 5 aromatic carbocycles. The smallest absolute Gasteiger partial charge is 0.144 e. The van der Waals surface area contributed by atoms with Gasteiger partial charge in [0.1, 0.15) is 15.6 Å². The van der Waals surface area contributed by atoms with Crippen molar-refractivity contribution in [2.75, 3.05) is 41.0 Å². The Balaban J connectivity index is -0.000000314. The van der Waals surface area contributed by atoms with Crippen LogP contribution in [0.15, 0.2) is 133 Å². The van der Waals surface area contributed by atoms with E-state index >= 15 is 0 Å². The van der Waals surface area contributed by atoms with Crippen molar-refractivity contribution >= 4 is 26.4 Å². The van der Waals surface area contributed by atoms with E-state index in [9.17, 15) is 13.2 Å². The van der Waals surface area contributed by atoms with Gasteiger partial charge in [-0.2, -0.15) is 0 Å². The fourth-order valence-corrected chi connectivity index (χ4v) is 4.19. The van der Waals surface area contributed by atoms with E-state index in [1.807, 2.05) is 36.4 Å². The maximum Gasteiger partial charge on any atom is 0.144 e. The van der Waals surface area contributed by atoms with Gasteiger partial charge in [0.2, 0.25) is 0 Å². The minimum atomic E-state index is -2.67. The van der Waals surface area contributed by atoms with Crippen LogP contribution in [0.2, 0.25) is 0 Å². The highest BCUT2D eigenvalue weighted by atomic mass is 32.2. The monoisotopic (exact) mass is 861 g/mol. The number of Topliss-reactive ketones (excluding diaryl/α,β-unsaturated/α-hetero) is 1. The number of rotatable bonds is 0. The van der Waals surface area contributed by atoms with E-state index in [-0.39, 0.29) is 11.2 Å². The number of hydrogen-bond acceptors (Lipinski definition) is 5.